The van der Waals surface area contributed by atoms with E-state index in [-0.39, 0.29) is 23.8 Å². The summed E-state index contributed by atoms with van der Waals surface area (Å²) in [7, 11) is 0. The number of carbonyl (C=O) groups excluding carboxylic acids is 1. The number of alkyl halides is 3. The monoisotopic (exact) mass is 425 g/mol. The maximum Gasteiger partial charge on any atom is 0.471 e. The Morgan fingerprint density at radius 3 is 2.60 bits per heavy atom. The van der Waals surface area contributed by atoms with Crippen LogP contribution in [0.2, 0.25) is 0 Å². The van der Waals surface area contributed by atoms with Gasteiger partial charge < -0.3 is 14.2 Å². The normalized spacial score (nSPS) is 17.8. The van der Waals surface area contributed by atoms with Gasteiger partial charge in [0.2, 0.25) is 11.7 Å². The molecule has 164 valence electrons. The maximum atomic E-state index is 12.9. The SMILES string of the molecule is CCCC(C)C(=O)N(Cc1ccc(-c2noc(C(F)(F)F)n2)cc1)CC1CCCO1. The summed E-state index contributed by atoms with van der Waals surface area (Å²) in [5, 5.41) is 3.40. The summed E-state index contributed by atoms with van der Waals surface area (Å²) in [5.41, 5.74) is 1.28. The van der Waals surface area contributed by atoms with Crippen molar-refractivity contribution >= 4 is 5.91 Å². The molecule has 2 atom stereocenters. The number of aromatic nitrogens is 2. The second-order valence-electron chi connectivity index (χ2n) is 7.66. The molecule has 2 heterocycles. The lowest BCUT2D eigenvalue weighted by Gasteiger charge is -2.28. The first-order valence-corrected chi connectivity index (χ1v) is 10.2. The lowest BCUT2D eigenvalue weighted by atomic mass is 10.0. The highest BCUT2D eigenvalue weighted by molar-refractivity contribution is 5.78. The van der Waals surface area contributed by atoms with Gasteiger partial charge in [0.25, 0.3) is 0 Å². The molecule has 1 aliphatic rings. The quantitative estimate of drug-likeness (QED) is 0.613. The van der Waals surface area contributed by atoms with E-state index in [9.17, 15) is 18.0 Å². The predicted octanol–water partition coefficient (Wildman–Crippen LogP) is 4.70. The van der Waals surface area contributed by atoms with Crippen LogP contribution in [-0.2, 0) is 22.3 Å². The number of hydrogen-bond acceptors (Lipinski definition) is 5. The molecule has 6 nitrogen and oxygen atoms in total. The summed E-state index contributed by atoms with van der Waals surface area (Å²) in [4.78, 5) is 18.2. The number of benzene rings is 1. The van der Waals surface area contributed by atoms with Gasteiger partial charge in [0.15, 0.2) is 0 Å². The second-order valence-corrected chi connectivity index (χ2v) is 7.66. The molecule has 0 radical (unpaired) electrons. The zero-order chi connectivity index (χ0) is 21.7. The minimum atomic E-state index is -4.68. The molecule has 9 heteroatoms. The fourth-order valence-electron chi connectivity index (χ4n) is 3.57. The third-order valence-electron chi connectivity index (χ3n) is 5.16. The van der Waals surface area contributed by atoms with Crippen LogP contribution in [0, 0.1) is 5.92 Å². The van der Waals surface area contributed by atoms with E-state index in [1.54, 1.807) is 24.3 Å². The third-order valence-corrected chi connectivity index (χ3v) is 5.16. The van der Waals surface area contributed by atoms with Gasteiger partial charge in [-0.15, -0.1) is 0 Å². The van der Waals surface area contributed by atoms with Crippen LogP contribution in [0.3, 0.4) is 0 Å². The smallest absolute Gasteiger partial charge is 0.376 e. The van der Waals surface area contributed by atoms with Crippen molar-refractivity contribution in [2.45, 2.75) is 58.4 Å². The molecule has 2 unspecified atom stereocenters. The largest absolute Gasteiger partial charge is 0.471 e. The van der Waals surface area contributed by atoms with Crippen molar-refractivity contribution in [1.82, 2.24) is 15.0 Å². The Hall–Kier alpha value is -2.42. The van der Waals surface area contributed by atoms with E-state index >= 15 is 0 Å². The van der Waals surface area contributed by atoms with Crippen LogP contribution in [0.15, 0.2) is 28.8 Å². The Bertz CT molecular complexity index is 830. The van der Waals surface area contributed by atoms with Crippen molar-refractivity contribution in [3.8, 4) is 11.4 Å². The van der Waals surface area contributed by atoms with Gasteiger partial charge in [0.1, 0.15) is 0 Å². The summed E-state index contributed by atoms with van der Waals surface area (Å²) in [6, 6.07) is 6.79. The van der Waals surface area contributed by atoms with Crippen molar-refractivity contribution in [3.63, 3.8) is 0 Å². The van der Waals surface area contributed by atoms with Crippen LogP contribution in [0.5, 0.6) is 0 Å². The zero-order valence-electron chi connectivity index (χ0n) is 17.1. The third kappa shape index (κ3) is 5.59. The summed E-state index contributed by atoms with van der Waals surface area (Å²) in [5.74, 6) is -1.49. The van der Waals surface area contributed by atoms with Gasteiger partial charge in [0, 0.05) is 31.2 Å². The molecule has 0 saturated carbocycles. The Morgan fingerprint density at radius 2 is 2.03 bits per heavy atom. The molecule has 1 aromatic carbocycles. The Balaban J connectivity index is 1.72. The molecule has 0 N–H and O–H groups in total. The maximum absolute atomic E-state index is 12.9. The molecule has 0 bridgehead atoms. The van der Waals surface area contributed by atoms with Crippen LogP contribution in [0.25, 0.3) is 11.4 Å². The molecule has 1 aromatic heterocycles. The Morgan fingerprint density at radius 1 is 1.30 bits per heavy atom. The first kappa shape index (κ1) is 22.3. The van der Waals surface area contributed by atoms with Gasteiger partial charge in [-0.25, -0.2) is 0 Å². The minimum Gasteiger partial charge on any atom is -0.376 e. The highest BCUT2D eigenvalue weighted by atomic mass is 19.4. The summed E-state index contributed by atoms with van der Waals surface area (Å²) in [6.07, 6.45) is -0.953. The molecule has 30 heavy (non-hydrogen) atoms. The molecular formula is C21H26F3N3O3. The van der Waals surface area contributed by atoms with E-state index < -0.39 is 12.1 Å². The zero-order valence-corrected chi connectivity index (χ0v) is 17.1. The number of rotatable bonds is 8. The van der Waals surface area contributed by atoms with Gasteiger partial charge in [-0.3, -0.25) is 4.79 Å². The Labute approximate surface area is 173 Å². The average Bonchev–Trinajstić information content (AvgIpc) is 3.39. The van der Waals surface area contributed by atoms with Gasteiger partial charge >= 0.3 is 12.1 Å². The van der Waals surface area contributed by atoms with E-state index in [0.717, 1.165) is 37.9 Å². The van der Waals surface area contributed by atoms with Crippen molar-refractivity contribution in [2.24, 2.45) is 5.92 Å². The van der Waals surface area contributed by atoms with Crippen LogP contribution in [0.4, 0.5) is 13.2 Å². The molecule has 0 aliphatic carbocycles. The van der Waals surface area contributed by atoms with Crippen LogP contribution in [-0.4, -0.2) is 40.2 Å². The van der Waals surface area contributed by atoms with Crippen LogP contribution in [0.1, 0.15) is 51.0 Å². The van der Waals surface area contributed by atoms with Crippen LogP contribution >= 0.6 is 0 Å². The molecule has 1 fully saturated rings. The van der Waals surface area contributed by atoms with Crippen molar-refractivity contribution < 1.29 is 27.2 Å². The fourth-order valence-corrected chi connectivity index (χ4v) is 3.57. The molecule has 2 aromatic rings. The molecule has 0 spiro atoms. The number of halogens is 3. The van der Waals surface area contributed by atoms with E-state index in [2.05, 4.69) is 21.6 Å². The first-order chi connectivity index (χ1) is 14.3. The number of amides is 1. The van der Waals surface area contributed by atoms with E-state index in [1.807, 2.05) is 11.8 Å². The molecular weight excluding hydrogens is 399 g/mol. The summed E-state index contributed by atoms with van der Waals surface area (Å²) >= 11 is 0. The Kier molecular flexibility index (Phi) is 7.12. The second kappa shape index (κ2) is 9.59. The highest BCUT2D eigenvalue weighted by Crippen LogP contribution is 2.29. The lowest BCUT2D eigenvalue weighted by molar-refractivity contribution is -0.159. The first-order valence-electron chi connectivity index (χ1n) is 10.2. The molecule has 1 aliphatic heterocycles. The van der Waals surface area contributed by atoms with E-state index in [4.69, 9.17) is 4.74 Å². The van der Waals surface area contributed by atoms with Gasteiger partial charge in [-0.2, -0.15) is 18.2 Å². The molecule has 3 rings (SSSR count). The highest BCUT2D eigenvalue weighted by Gasteiger charge is 2.38. The van der Waals surface area contributed by atoms with E-state index in [0.29, 0.717) is 18.7 Å². The van der Waals surface area contributed by atoms with Gasteiger partial charge in [-0.1, -0.05) is 49.7 Å². The number of carbonyl (C=O) groups is 1. The minimum absolute atomic E-state index is 0.0437. The van der Waals surface area contributed by atoms with Crippen molar-refractivity contribution in [2.75, 3.05) is 13.2 Å². The number of hydrogen-bond donors (Lipinski definition) is 0. The van der Waals surface area contributed by atoms with Crippen molar-refractivity contribution in [1.29, 1.82) is 0 Å². The summed E-state index contributed by atoms with van der Waals surface area (Å²) in [6.45, 7) is 5.65. The van der Waals surface area contributed by atoms with E-state index in [1.165, 1.54) is 0 Å². The topological polar surface area (TPSA) is 68.5 Å². The number of nitrogens with zero attached hydrogens (tertiary/aromatic N) is 3. The van der Waals surface area contributed by atoms with Gasteiger partial charge in [0.05, 0.1) is 6.10 Å². The summed E-state index contributed by atoms with van der Waals surface area (Å²) < 4.78 is 47.9. The predicted molar refractivity (Wildman–Crippen MR) is 103 cm³/mol. The fraction of sp³-hybridized carbons (Fsp3) is 0.571. The standard InChI is InChI=1S/C21H26F3N3O3/c1-3-5-14(2)19(28)27(13-17-6-4-11-29-17)12-15-7-9-16(10-8-15)18-25-20(30-26-18)21(22,23)24/h7-10,14,17H,3-6,11-13H2,1-2H3. The molecule has 1 saturated heterocycles. The molecule has 1 amide bonds. The van der Waals surface area contributed by atoms with Gasteiger partial charge in [-0.05, 0) is 24.8 Å². The lowest BCUT2D eigenvalue weighted by Crippen LogP contribution is -2.39. The number of ether oxygens (including phenoxy) is 1. The van der Waals surface area contributed by atoms with Crippen molar-refractivity contribution in [3.05, 3.63) is 35.7 Å². The average molecular weight is 425 g/mol. The van der Waals surface area contributed by atoms with Crippen LogP contribution < -0.4 is 0 Å².